The molecule has 0 unspecified atom stereocenters. The molecule has 3 rings (SSSR count). The first kappa shape index (κ1) is 20.3. The summed E-state index contributed by atoms with van der Waals surface area (Å²) in [5.41, 5.74) is 0.0513. The van der Waals surface area contributed by atoms with Gasteiger partial charge in [0.25, 0.3) is 0 Å². The summed E-state index contributed by atoms with van der Waals surface area (Å²) in [5, 5.41) is 9.01. The van der Waals surface area contributed by atoms with E-state index >= 15 is 0 Å². The SMILES string of the molecule is CN1CCN(Cc2nnc(C3CCN(C(=O)CC(C)(C)C)CC3)n2C)CC1. The molecule has 0 radical (unpaired) electrons. The normalized spacial score (nSPS) is 21.0. The van der Waals surface area contributed by atoms with Crippen LogP contribution in [0.5, 0.6) is 0 Å². The highest BCUT2D eigenvalue weighted by Gasteiger charge is 2.29. The van der Waals surface area contributed by atoms with Gasteiger partial charge in [0, 0.05) is 58.7 Å². The minimum atomic E-state index is 0.0513. The highest BCUT2D eigenvalue weighted by Crippen LogP contribution is 2.29. The number of carbonyl (C=O) groups is 1. The maximum atomic E-state index is 12.5. The molecule has 0 atom stereocenters. The molecule has 0 aromatic carbocycles. The van der Waals surface area contributed by atoms with Crippen LogP contribution in [0.25, 0.3) is 0 Å². The average molecular weight is 377 g/mol. The molecule has 2 aliphatic heterocycles. The molecule has 0 N–H and O–H groups in total. The van der Waals surface area contributed by atoms with Gasteiger partial charge >= 0.3 is 0 Å². The van der Waals surface area contributed by atoms with Gasteiger partial charge < -0.3 is 14.4 Å². The van der Waals surface area contributed by atoms with Crippen molar-refractivity contribution in [2.45, 2.75) is 52.5 Å². The predicted octanol–water partition coefficient (Wildman–Crippen LogP) is 1.70. The lowest BCUT2D eigenvalue weighted by Crippen LogP contribution is -2.44. The summed E-state index contributed by atoms with van der Waals surface area (Å²) in [4.78, 5) is 19.3. The van der Waals surface area contributed by atoms with Gasteiger partial charge in [-0.15, -0.1) is 10.2 Å². The minimum absolute atomic E-state index is 0.0513. The van der Waals surface area contributed by atoms with E-state index in [-0.39, 0.29) is 11.3 Å². The highest BCUT2D eigenvalue weighted by molar-refractivity contribution is 5.76. The second-order valence-electron chi connectivity index (χ2n) is 9.51. The van der Waals surface area contributed by atoms with Crippen LogP contribution in [-0.2, 0) is 18.4 Å². The quantitative estimate of drug-likeness (QED) is 0.801. The zero-order valence-electron chi connectivity index (χ0n) is 17.7. The molecule has 0 spiro atoms. The maximum absolute atomic E-state index is 12.5. The van der Waals surface area contributed by atoms with Gasteiger partial charge in [-0.1, -0.05) is 20.8 Å². The molecule has 1 aromatic rings. The Bertz CT molecular complexity index is 633. The molecule has 0 bridgehead atoms. The van der Waals surface area contributed by atoms with E-state index < -0.39 is 0 Å². The Hall–Kier alpha value is -1.47. The molecular formula is C20H36N6O. The molecule has 152 valence electrons. The molecule has 3 heterocycles. The number of piperazine rings is 1. The van der Waals surface area contributed by atoms with Crippen molar-refractivity contribution in [1.82, 2.24) is 29.5 Å². The molecular weight excluding hydrogens is 340 g/mol. The minimum Gasteiger partial charge on any atom is -0.343 e. The van der Waals surface area contributed by atoms with Crippen LogP contribution < -0.4 is 0 Å². The van der Waals surface area contributed by atoms with E-state index in [2.05, 4.69) is 59.4 Å². The zero-order chi connectivity index (χ0) is 19.6. The Morgan fingerprint density at radius 3 is 2.22 bits per heavy atom. The summed E-state index contributed by atoms with van der Waals surface area (Å²) in [5.74, 6) is 2.83. The Balaban J connectivity index is 1.54. The molecule has 2 saturated heterocycles. The monoisotopic (exact) mass is 376 g/mol. The Morgan fingerprint density at radius 2 is 1.63 bits per heavy atom. The van der Waals surface area contributed by atoms with Crippen LogP contribution in [0, 0.1) is 5.41 Å². The van der Waals surface area contributed by atoms with Crippen LogP contribution in [0.15, 0.2) is 0 Å². The maximum Gasteiger partial charge on any atom is 0.223 e. The molecule has 1 aromatic heterocycles. The fourth-order valence-electron chi connectivity index (χ4n) is 4.03. The Morgan fingerprint density at radius 1 is 1.00 bits per heavy atom. The number of rotatable bonds is 4. The van der Waals surface area contributed by atoms with E-state index in [0.29, 0.717) is 12.3 Å². The van der Waals surface area contributed by atoms with Crippen molar-refractivity contribution >= 4 is 5.91 Å². The first-order valence-electron chi connectivity index (χ1n) is 10.3. The number of amides is 1. The van der Waals surface area contributed by atoms with E-state index in [4.69, 9.17) is 0 Å². The average Bonchev–Trinajstić information content (AvgIpc) is 2.96. The third-order valence-corrected chi connectivity index (χ3v) is 5.85. The van der Waals surface area contributed by atoms with Gasteiger partial charge in [-0.2, -0.15) is 0 Å². The summed E-state index contributed by atoms with van der Waals surface area (Å²) < 4.78 is 2.19. The van der Waals surface area contributed by atoms with Crippen molar-refractivity contribution in [1.29, 1.82) is 0 Å². The molecule has 0 saturated carbocycles. The van der Waals surface area contributed by atoms with Crippen molar-refractivity contribution < 1.29 is 4.79 Å². The predicted molar refractivity (Wildman–Crippen MR) is 106 cm³/mol. The van der Waals surface area contributed by atoms with E-state index in [0.717, 1.165) is 70.3 Å². The first-order chi connectivity index (χ1) is 12.7. The van der Waals surface area contributed by atoms with Crippen molar-refractivity contribution in [3.63, 3.8) is 0 Å². The van der Waals surface area contributed by atoms with Gasteiger partial charge in [0.05, 0.1) is 6.54 Å². The van der Waals surface area contributed by atoms with Gasteiger partial charge in [-0.05, 0) is 25.3 Å². The number of hydrogen-bond acceptors (Lipinski definition) is 5. The summed E-state index contributed by atoms with van der Waals surface area (Å²) >= 11 is 0. The summed E-state index contributed by atoms with van der Waals surface area (Å²) in [6.07, 6.45) is 2.59. The lowest BCUT2D eigenvalue weighted by atomic mass is 9.90. The first-order valence-corrected chi connectivity index (χ1v) is 10.3. The number of likely N-dealkylation sites (tertiary alicyclic amines) is 1. The Labute approximate surface area is 163 Å². The van der Waals surface area contributed by atoms with Gasteiger partial charge in [0.15, 0.2) is 0 Å². The highest BCUT2D eigenvalue weighted by atomic mass is 16.2. The van der Waals surface area contributed by atoms with Crippen LogP contribution in [0.3, 0.4) is 0 Å². The standard InChI is InChI=1S/C20H36N6O/c1-20(2,3)14-18(27)26-8-6-16(7-9-26)19-22-21-17(24(19)5)15-25-12-10-23(4)11-13-25/h16H,6-15H2,1-5H3. The van der Waals surface area contributed by atoms with Gasteiger partial charge in [0.1, 0.15) is 11.6 Å². The van der Waals surface area contributed by atoms with Gasteiger partial charge in [-0.3, -0.25) is 9.69 Å². The molecule has 7 heteroatoms. The molecule has 1 amide bonds. The lowest BCUT2D eigenvalue weighted by Gasteiger charge is -2.33. The van der Waals surface area contributed by atoms with Crippen LogP contribution in [0.1, 0.15) is 57.6 Å². The van der Waals surface area contributed by atoms with Crippen LogP contribution in [-0.4, -0.2) is 81.7 Å². The summed E-state index contributed by atoms with van der Waals surface area (Å²) in [6, 6.07) is 0. The second-order valence-corrected chi connectivity index (χ2v) is 9.51. The second kappa shape index (κ2) is 8.27. The molecule has 27 heavy (non-hydrogen) atoms. The van der Waals surface area contributed by atoms with Crippen molar-refractivity contribution in [2.75, 3.05) is 46.3 Å². The van der Waals surface area contributed by atoms with Crippen LogP contribution in [0.4, 0.5) is 0 Å². The third kappa shape index (κ3) is 5.29. The largest absolute Gasteiger partial charge is 0.343 e. The Kier molecular flexibility index (Phi) is 6.21. The third-order valence-electron chi connectivity index (χ3n) is 5.85. The molecule has 2 fully saturated rings. The van der Waals surface area contributed by atoms with E-state index in [9.17, 15) is 4.79 Å². The van der Waals surface area contributed by atoms with Gasteiger partial charge in [0.2, 0.25) is 5.91 Å². The van der Waals surface area contributed by atoms with E-state index in [1.54, 1.807) is 0 Å². The van der Waals surface area contributed by atoms with Crippen molar-refractivity contribution in [2.24, 2.45) is 12.5 Å². The van der Waals surface area contributed by atoms with E-state index in [1.165, 1.54) is 0 Å². The number of carbonyl (C=O) groups excluding carboxylic acids is 1. The molecule has 2 aliphatic rings. The fraction of sp³-hybridized carbons (Fsp3) is 0.850. The summed E-state index contributed by atoms with van der Waals surface area (Å²) in [6.45, 7) is 13.3. The van der Waals surface area contributed by atoms with Crippen LogP contribution >= 0.6 is 0 Å². The van der Waals surface area contributed by atoms with Crippen LogP contribution in [0.2, 0.25) is 0 Å². The van der Waals surface area contributed by atoms with Crippen molar-refractivity contribution in [3.8, 4) is 0 Å². The van der Waals surface area contributed by atoms with Crippen molar-refractivity contribution in [3.05, 3.63) is 11.6 Å². The molecule has 0 aliphatic carbocycles. The van der Waals surface area contributed by atoms with Gasteiger partial charge in [-0.25, -0.2) is 0 Å². The lowest BCUT2D eigenvalue weighted by molar-refractivity contribution is -0.134. The van der Waals surface area contributed by atoms with E-state index in [1.807, 2.05) is 4.90 Å². The number of nitrogens with zero attached hydrogens (tertiary/aromatic N) is 6. The zero-order valence-corrected chi connectivity index (χ0v) is 17.7. The smallest absolute Gasteiger partial charge is 0.223 e. The topological polar surface area (TPSA) is 57.5 Å². The number of piperidine rings is 1. The fourth-order valence-corrected chi connectivity index (χ4v) is 4.03. The number of aromatic nitrogens is 3. The number of likely N-dealkylation sites (N-methyl/N-ethyl adjacent to an activating group) is 1. The molecule has 7 nitrogen and oxygen atoms in total. The summed E-state index contributed by atoms with van der Waals surface area (Å²) in [7, 11) is 4.27. The number of hydrogen-bond donors (Lipinski definition) is 0.